The Morgan fingerprint density at radius 2 is 1.97 bits per heavy atom. The summed E-state index contributed by atoms with van der Waals surface area (Å²) in [4.78, 5) is 33.5. The van der Waals surface area contributed by atoms with Crippen molar-refractivity contribution >= 4 is 45.8 Å². The van der Waals surface area contributed by atoms with Gasteiger partial charge in [-0.3, -0.25) is 14.9 Å². The Morgan fingerprint density at radius 3 is 2.70 bits per heavy atom. The van der Waals surface area contributed by atoms with Crippen molar-refractivity contribution in [1.29, 1.82) is 0 Å². The summed E-state index contributed by atoms with van der Waals surface area (Å²) < 4.78 is 1.80. The first kappa shape index (κ1) is 19.8. The summed E-state index contributed by atoms with van der Waals surface area (Å²) >= 11 is 1.37. The lowest BCUT2D eigenvalue weighted by atomic mass is 9.99. The van der Waals surface area contributed by atoms with E-state index in [4.69, 9.17) is 0 Å². The number of benzene rings is 2. The van der Waals surface area contributed by atoms with Gasteiger partial charge in [-0.25, -0.2) is 9.97 Å². The van der Waals surface area contributed by atoms with Gasteiger partial charge in [-0.1, -0.05) is 29.8 Å². The van der Waals surface area contributed by atoms with Gasteiger partial charge in [0, 0.05) is 18.1 Å². The lowest BCUT2D eigenvalue weighted by Gasteiger charge is -2.13. The SMILES string of the molecule is Cc1cccc(C(C)C(=O)Nc2nc3ccc(NC(=O)c4cscn4)cc3n2C)c1. The van der Waals surface area contributed by atoms with Crippen LogP contribution < -0.4 is 10.6 Å². The number of carbonyl (C=O) groups excluding carboxylic acids is 2. The van der Waals surface area contributed by atoms with Crippen LogP contribution in [0, 0.1) is 6.92 Å². The van der Waals surface area contributed by atoms with Gasteiger partial charge in [0.15, 0.2) is 0 Å². The number of fused-ring (bicyclic) bond motifs is 1. The minimum Gasteiger partial charge on any atom is -0.321 e. The van der Waals surface area contributed by atoms with E-state index >= 15 is 0 Å². The van der Waals surface area contributed by atoms with Crippen molar-refractivity contribution in [1.82, 2.24) is 14.5 Å². The summed E-state index contributed by atoms with van der Waals surface area (Å²) in [6.07, 6.45) is 0. The van der Waals surface area contributed by atoms with E-state index in [0.717, 1.165) is 22.2 Å². The highest BCUT2D eigenvalue weighted by Gasteiger charge is 2.18. The number of nitrogens with zero attached hydrogens (tertiary/aromatic N) is 3. The zero-order valence-corrected chi connectivity index (χ0v) is 17.7. The number of nitrogens with one attached hydrogen (secondary N) is 2. The van der Waals surface area contributed by atoms with Crippen LogP contribution in [0.4, 0.5) is 11.6 Å². The molecule has 0 fully saturated rings. The molecule has 1 unspecified atom stereocenters. The number of aromatic nitrogens is 3. The van der Waals surface area contributed by atoms with Crippen LogP contribution in [0.1, 0.15) is 34.5 Å². The molecule has 2 N–H and O–H groups in total. The third-order valence-corrected chi connectivity index (χ3v) is 5.56. The van der Waals surface area contributed by atoms with E-state index in [1.807, 2.05) is 57.3 Å². The van der Waals surface area contributed by atoms with Gasteiger partial charge < -0.3 is 9.88 Å². The fraction of sp³-hybridized carbons (Fsp3) is 0.182. The molecule has 8 heteroatoms. The molecule has 0 saturated heterocycles. The molecule has 4 rings (SSSR count). The highest BCUT2D eigenvalue weighted by molar-refractivity contribution is 7.07. The van der Waals surface area contributed by atoms with Crippen molar-refractivity contribution in [3.8, 4) is 0 Å². The Balaban J connectivity index is 1.54. The molecule has 0 radical (unpaired) electrons. The van der Waals surface area contributed by atoms with E-state index < -0.39 is 0 Å². The van der Waals surface area contributed by atoms with E-state index in [0.29, 0.717) is 17.3 Å². The van der Waals surface area contributed by atoms with Gasteiger partial charge in [0.1, 0.15) is 5.69 Å². The van der Waals surface area contributed by atoms with Crippen molar-refractivity contribution in [3.63, 3.8) is 0 Å². The molecule has 4 aromatic rings. The van der Waals surface area contributed by atoms with Crippen molar-refractivity contribution in [3.05, 3.63) is 70.2 Å². The molecule has 2 amide bonds. The van der Waals surface area contributed by atoms with Gasteiger partial charge >= 0.3 is 0 Å². The molecule has 1 atom stereocenters. The number of hydrogen-bond acceptors (Lipinski definition) is 5. The summed E-state index contributed by atoms with van der Waals surface area (Å²) in [5.41, 5.74) is 6.22. The molecule has 0 saturated carbocycles. The van der Waals surface area contributed by atoms with Gasteiger partial charge in [-0.05, 0) is 37.6 Å². The Labute approximate surface area is 177 Å². The van der Waals surface area contributed by atoms with Crippen LogP contribution >= 0.6 is 11.3 Å². The highest BCUT2D eigenvalue weighted by atomic mass is 32.1. The lowest BCUT2D eigenvalue weighted by Crippen LogP contribution is -2.21. The predicted molar refractivity (Wildman–Crippen MR) is 119 cm³/mol. The Bertz CT molecular complexity index is 1230. The van der Waals surface area contributed by atoms with Gasteiger partial charge in [0.25, 0.3) is 5.91 Å². The van der Waals surface area contributed by atoms with E-state index in [-0.39, 0.29) is 17.7 Å². The number of carbonyl (C=O) groups is 2. The molecule has 0 bridgehead atoms. The zero-order valence-electron chi connectivity index (χ0n) is 16.8. The molecule has 0 aliphatic heterocycles. The van der Waals surface area contributed by atoms with Crippen LogP contribution in [0.5, 0.6) is 0 Å². The molecule has 152 valence electrons. The average molecular weight is 420 g/mol. The van der Waals surface area contributed by atoms with E-state index in [1.54, 1.807) is 21.5 Å². The molecular formula is C22H21N5O2S. The number of hydrogen-bond donors (Lipinski definition) is 2. The van der Waals surface area contributed by atoms with E-state index in [1.165, 1.54) is 11.3 Å². The van der Waals surface area contributed by atoms with Crippen LogP contribution in [0.25, 0.3) is 11.0 Å². The van der Waals surface area contributed by atoms with Crippen molar-refractivity contribution in [2.24, 2.45) is 7.05 Å². The first-order valence-electron chi connectivity index (χ1n) is 9.46. The number of amides is 2. The van der Waals surface area contributed by atoms with Gasteiger partial charge in [0.05, 0.1) is 22.5 Å². The first-order chi connectivity index (χ1) is 14.4. The minimum atomic E-state index is -0.308. The van der Waals surface area contributed by atoms with Crippen LogP contribution in [0.2, 0.25) is 0 Å². The smallest absolute Gasteiger partial charge is 0.275 e. The summed E-state index contributed by atoms with van der Waals surface area (Å²) in [5, 5.41) is 7.45. The fourth-order valence-electron chi connectivity index (χ4n) is 3.21. The lowest BCUT2D eigenvalue weighted by molar-refractivity contribution is -0.117. The zero-order chi connectivity index (χ0) is 21.3. The van der Waals surface area contributed by atoms with Crippen LogP contribution in [-0.2, 0) is 11.8 Å². The second-order valence-electron chi connectivity index (χ2n) is 7.15. The number of aryl methyl sites for hydroxylation is 2. The van der Waals surface area contributed by atoms with Crippen LogP contribution in [0.3, 0.4) is 0 Å². The number of anilines is 2. The summed E-state index contributed by atoms with van der Waals surface area (Å²) in [7, 11) is 1.83. The Hall–Kier alpha value is -3.52. The molecule has 0 spiro atoms. The maximum Gasteiger partial charge on any atom is 0.275 e. The molecule has 2 aromatic heterocycles. The molecular weight excluding hydrogens is 398 g/mol. The van der Waals surface area contributed by atoms with Gasteiger partial charge in [-0.15, -0.1) is 11.3 Å². The third-order valence-electron chi connectivity index (χ3n) is 4.97. The summed E-state index contributed by atoms with van der Waals surface area (Å²) in [6.45, 7) is 3.88. The minimum absolute atomic E-state index is 0.129. The molecule has 30 heavy (non-hydrogen) atoms. The largest absolute Gasteiger partial charge is 0.321 e. The molecule has 2 aromatic carbocycles. The van der Waals surface area contributed by atoms with Gasteiger partial charge in [0.2, 0.25) is 11.9 Å². The molecule has 7 nitrogen and oxygen atoms in total. The number of rotatable bonds is 5. The molecule has 2 heterocycles. The monoisotopic (exact) mass is 419 g/mol. The first-order valence-corrected chi connectivity index (χ1v) is 10.4. The van der Waals surface area contributed by atoms with E-state index in [9.17, 15) is 9.59 Å². The molecule has 0 aliphatic rings. The fourth-order valence-corrected chi connectivity index (χ4v) is 3.74. The van der Waals surface area contributed by atoms with Crippen molar-refractivity contribution in [2.75, 3.05) is 10.6 Å². The number of imidazole rings is 1. The maximum atomic E-state index is 12.8. The second kappa shape index (κ2) is 8.08. The quantitative estimate of drug-likeness (QED) is 0.504. The Kier molecular flexibility index (Phi) is 5.33. The van der Waals surface area contributed by atoms with Gasteiger partial charge in [-0.2, -0.15) is 0 Å². The second-order valence-corrected chi connectivity index (χ2v) is 7.87. The maximum absolute atomic E-state index is 12.8. The average Bonchev–Trinajstić information content (AvgIpc) is 3.37. The standard InChI is InChI=1S/C22H21N5O2S/c1-13-5-4-6-15(9-13)14(2)20(28)26-22-25-17-8-7-16(10-19(17)27(22)3)24-21(29)18-11-30-12-23-18/h4-12,14H,1-3H3,(H,24,29)(H,25,26,28). The van der Waals surface area contributed by atoms with Crippen LogP contribution in [-0.4, -0.2) is 26.3 Å². The predicted octanol–water partition coefficient (Wildman–Crippen LogP) is 4.33. The van der Waals surface area contributed by atoms with E-state index in [2.05, 4.69) is 20.6 Å². The van der Waals surface area contributed by atoms with Crippen molar-refractivity contribution < 1.29 is 9.59 Å². The number of thiazole rings is 1. The molecule has 0 aliphatic carbocycles. The normalized spacial score (nSPS) is 12.0. The third kappa shape index (κ3) is 3.95. The van der Waals surface area contributed by atoms with Crippen LogP contribution in [0.15, 0.2) is 53.4 Å². The summed E-state index contributed by atoms with van der Waals surface area (Å²) in [5.74, 6) is -0.246. The Morgan fingerprint density at radius 1 is 1.13 bits per heavy atom. The summed E-state index contributed by atoms with van der Waals surface area (Å²) in [6, 6.07) is 13.3. The highest BCUT2D eigenvalue weighted by Crippen LogP contribution is 2.24. The van der Waals surface area contributed by atoms with Crippen molar-refractivity contribution in [2.45, 2.75) is 19.8 Å². The topological polar surface area (TPSA) is 88.9 Å².